The quantitative estimate of drug-likeness (QED) is 0.271. The van der Waals surface area contributed by atoms with E-state index in [1.807, 2.05) is 48.5 Å². The second kappa shape index (κ2) is 7.98. The molecule has 108 valence electrons. The number of ether oxygens (including phenoxy) is 1. The summed E-state index contributed by atoms with van der Waals surface area (Å²) >= 11 is 0. The minimum Gasteiger partial charge on any atom is -0.493 e. The van der Waals surface area contributed by atoms with E-state index in [-0.39, 0.29) is 0 Å². The molecule has 21 heavy (non-hydrogen) atoms. The lowest BCUT2D eigenvalue weighted by Crippen LogP contribution is -1.97. The Bertz CT molecular complexity index is 619. The van der Waals surface area contributed by atoms with Gasteiger partial charge in [0.2, 0.25) is 0 Å². The molecule has 4 heteroatoms. The van der Waals surface area contributed by atoms with Crippen molar-refractivity contribution in [3.8, 4) is 16.9 Å². The number of benzene rings is 2. The van der Waals surface area contributed by atoms with E-state index in [0.717, 1.165) is 30.4 Å². The summed E-state index contributed by atoms with van der Waals surface area (Å²) in [5.41, 5.74) is 11.4. The third kappa shape index (κ3) is 4.26. The highest BCUT2D eigenvalue weighted by Crippen LogP contribution is 2.33. The van der Waals surface area contributed by atoms with Crippen LogP contribution in [0.4, 0.5) is 5.69 Å². The number of hydrogen-bond acceptors (Lipinski definition) is 2. The Hall–Kier alpha value is -2.45. The van der Waals surface area contributed by atoms with Crippen LogP contribution in [-0.4, -0.2) is 6.61 Å². The van der Waals surface area contributed by atoms with Crippen LogP contribution in [0.5, 0.6) is 5.75 Å². The Morgan fingerprint density at radius 3 is 2.57 bits per heavy atom. The van der Waals surface area contributed by atoms with Crippen LogP contribution in [0.1, 0.15) is 26.2 Å². The van der Waals surface area contributed by atoms with E-state index in [2.05, 4.69) is 16.9 Å². The van der Waals surface area contributed by atoms with Crippen LogP contribution in [0.3, 0.4) is 0 Å². The summed E-state index contributed by atoms with van der Waals surface area (Å²) in [5, 5.41) is 3.75. The number of unbranched alkanes of at least 4 members (excludes halogenated alkanes) is 2. The highest BCUT2D eigenvalue weighted by molar-refractivity contribution is 5.70. The smallest absolute Gasteiger partial charge is 0.128 e. The molecule has 0 amide bonds. The minimum atomic E-state index is 0.537. The average molecular weight is 281 g/mol. The van der Waals surface area contributed by atoms with Crippen molar-refractivity contribution >= 4 is 5.69 Å². The van der Waals surface area contributed by atoms with Crippen molar-refractivity contribution in [1.29, 1.82) is 0 Å². The summed E-state index contributed by atoms with van der Waals surface area (Å²) in [6.45, 7) is 2.80. The predicted octanol–water partition coefficient (Wildman–Crippen LogP) is 5.86. The fourth-order valence-electron chi connectivity index (χ4n) is 2.11. The van der Waals surface area contributed by atoms with Gasteiger partial charge in [-0.15, -0.1) is 0 Å². The zero-order valence-corrected chi connectivity index (χ0v) is 12.2. The summed E-state index contributed by atoms with van der Waals surface area (Å²) in [6, 6.07) is 15.7. The molecule has 0 unspecified atom stereocenters. The molecule has 2 aromatic rings. The fourth-order valence-corrected chi connectivity index (χ4v) is 2.11. The summed E-state index contributed by atoms with van der Waals surface area (Å²) in [6.07, 6.45) is 3.30. The van der Waals surface area contributed by atoms with E-state index < -0.39 is 0 Å². The van der Waals surface area contributed by atoms with Gasteiger partial charge in [0.05, 0.1) is 12.3 Å². The Morgan fingerprint density at radius 1 is 1.05 bits per heavy atom. The molecule has 0 fully saturated rings. The first kappa shape index (κ1) is 14.9. The average Bonchev–Trinajstić information content (AvgIpc) is 2.54. The fraction of sp³-hybridized carbons (Fsp3) is 0.294. The molecule has 0 saturated heterocycles. The molecule has 2 aromatic carbocycles. The zero-order chi connectivity index (χ0) is 14.9. The topological polar surface area (TPSA) is 58.0 Å². The Balaban J connectivity index is 2.21. The van der Waals surface area contributed by atoms with E-state index in [9.17, 15) is 0 Å². The Kier molecular flexibility index (Phi) is 5.68. The van der Waals surface area contributed by atoms with Crippen molar-refractivity contribution in [2.75, 3.05) is 6.61 Å². The second-order valence-corrected chi connectivity index (χ2v) is 4.79. The maximum atomic E-state index is 8.72. The van der Waals surface area contributed by atoms with Gasteiger partial charge in [0, 0.05) is 4.91 Å². The normalized spacial score (nSPS) is 9.95. The lowest BCUT2D eigenvalue weighted by molar-refractivity contribution is 0.307. The van der Waals surface area contributed by atoms with Crippen molar-refractivity contribution < 1.29 is 4.74 Å². The first-order valence-electron chi connectivity index (χ1n) is 7.22. The highest BCUT2D eigenvalue weighted by atomic mass is 16.5. The lowest BCUT2D eigenvalue weighted by atomic mass is 10.1. The van der Waals surface area contributed by atoms with Crippen LogP contribution in [0.15, 0.2) is 53.6 Å². The molecular weight excluding hydrogens is 262 g/mol. The predicted molar refractivity (Wildman–Crippen MR) is 85.7 cm³/mol. The number of rotatable bonds is 7. The van der Waals surface area contributed by atoms with E-state index >= 15 is 0 Å². The third-order valence-corrected chi connectivity index (χ3v) is 3.22. The van der Waals surface area contributed by atoms with Gasteiger partial charge in [-0.3, -0.25) is 0 Å². The van der Waals surface area contributed by atoms with Gasteiger partial charge >= 0.3 is 0 Å². The first-order chi connectivity index (χ1) is 10.3. The standard InChI is InChI=1S/C17H19N3O/c1-2-3-7-12-21-17-11-10-15(13-16(17)19-20-18)14-8-5-4-6-9-14/h4-6,8-11,13H,2-3,7,12H2,1H3. The number of hydrogen-bond donors (Lipinski definition) is 0. The van der Waals surface area contributed by atoms with Gasteiger partial charge in [0.15, 0.2) is 0 Å². The van der Waals surface area contributed by atoms with Crippen LogP contribution < -0.4 is 4.74 Å². The van der Waals surface area contributed by atoms with E-state index in [1.165, 1.54) is 0 Å². The molecule has 2 rings (SSSR count). The largest absolute Gasteiger partial charge is 0.493 e. The molecule has 0 aromatic heterocycles. The molecule has 0 heterocycles. The van der Waals surface area contributed by atoms with Gasteiger partial charge in [-0.05, 0) is 35.2 Å². The number of nitrogens with zero attached hydrogens (tertiary/aromatic N) is 3. The van der Waals surface area contributed by atoms with E-state index in [1.54, 1.807) is 0 Å². The third-order valence-electron chi connectivity index (χ3n) is 3.22. The highest BCUT2D eigenvalue weighted by Gasteiger charge is 2.05. The minimum absolute atomic E-state index is 0.537. The van der Waals surface area contributed by atoms with E-state index in [4.69, 9.17) is 10.3 Å². The maximum absolute atomic E-state index is 8.72. The Morgan fingerprint density at radius 2 is 1.86 bits per heavy atom. The molecule has 4 nitrogen and oxygen atoms in total. The molecule has 0 aliphatic carbocycles. The van der Waals surface area contributed by atoms with Crippen LogP contribution in [0, 0.1) is 0 Å². The lowest BCUT2D eigenvalue weighted by Gasteiger charge is -2.10. The van der Waals surface area contributed by atoms with Crippen molar-refractivity contribution in [2.24, 2.45) is 5.11 Å². The van der Waals surface area contributed by atoms with Crippen molar-refractivity contribution in [3.63, 3.8) is 0 Å². The van der Waals surface area contributed by atoms with Gasteiger partial charge in [-0.2, -0.15) is 0 Å². The van der Waals surface area contributed by atoms with Crippen LogP contribution in [0.25, 0.3) is 21.6 Å². The molecule has 0 aliphatic rings. The molecule has 0 N–H and O–H groups in total. The molecule has 0 atom stereocenters. The van der Waals surface area contributed by atoms with Gasteiger partial charge in [0.25, 0.3) is 0 Å². The van der Waals surface area contributed by atoms with Crippen molar-refractivity contribution in [1.82, 2.24) is 0 Å². The van der Waals surface area contributed by atoms with Crippen molar-refractivity contribution in [3.05, 3.63) is 59.0 Å². The molecule has 0 saturated carbocycles. The molecule has 0 spiro atoms. The van der Waals surface area contributed by atoms with Gasteiger partial charge in [0.1, 0.15) is 5.75 Å². The monoisotopic (exact) mass is 281 g/mol. The molecule has 0 radical (unpaired) electrons. The Labute approximate surface area is 125 Å². The van der Waals surface area contributed by atoms with Crippen LogP contribution in [-0.2, 0) is 0 Å². The maximum Gasteiger partial charge on any atom is 0.128 e. The van der Waals surface area contributed by atoms with E-state index in [0.29, 0.717) is 18.0 Å². The van der Waals surface area contributed by atoms with Gasteiger partial charge in [-0.1, -0.05) is 61.3 Å². The summed E-state index contributed by atoms with van der Waals surface area (Å²) in [5.74, 6) is 0.642. The molecule has 0 aliphatic heterocycles. The van der Waals surface area contributed by atoms with Crippen molar-refractivity contribution in [2.45, 2.75) is 26.2 Å². The molecular formula is C17H19N3O. The summed E-state index contributed by atoms with van der Waals surface area (Å²) in [4.78, 5) is 2.89. The van der Waals surface area contributed by atoms with Gasteiger partial charge in [-0.25, -0.2) is 0 Å². The van der Waals surface area contributed by atoms with Crippen LogP contribution >= 0.6 is 0 Å². The van der Waals surface area contributed by atoms with Crippen LogP contribution in [0.2, 0.25) is 0 Å². The summed E-state index contributed by atoms with van der Waals surface area (Å²) in [7, 11) is 0. The SMILES string of the molecule is CCCCCOc1ccc(-c2ccccc2)cc1N=[N+]=[N-]. The summed E-state index contributed by atoms with van der Waals surface area (Å²) < 4.78 is 5.72. The van der Waals surface area contributed by atoms with Gasteiger partial charge < -0.3 is 4.74 Å². The second-order valence-electron chi connectivity index (χ2n) is 4.79. The molecule has 0 bridgehead atoms. The first-order valence-corrected chi connectivity index (χ1v) is 7.22. The zero-order valence-electron chi connectivity index (χ0n) is 12.2. The number of azide groups is 1.